The van der Waals surface area contributed by atoms with Crippen molar-refractivity contribution in [3.63, 3.8) is 0 Å². The molecule has 0 unspecified atom stereocenters. The first-order valence-corrected chi connectivity index (χ1v) is 9.61. The lowest BCUT2D eigenvalue weighted by Crippen LogP contribution is -2.27. The summed E-state index contributed by atoms with van der Waals surface area (Å²) >= 11 is 1.31. The minimum atomic E-state index is -3.11. The molecule has 1 fully saturated rings. The second-order valence-corrected chi connectivity index (χ2v) is 8.95. The van der Waals surface area contributed by atoms with Crippen LogP contribution in [0.2, 0.25) is 0 Å². The van der Waals surface area contributed by atoms with E-state index in [1.807, 2.05) is 0 Å². The minimum absolute atomic E-state index is 0.0228. The van der Waals surface area contributed by atoms with Crippen LogP contribution in [0.5, 0.6) is 0 Å². The topological polar surface area (TPSA) is 95.3 Å². The number of hydrogen-bond acceptors (Lipinski definition) is 7. The Morgan fingerprint density at radius 2 is 2.17 bits per heavy atom. The van der Waals surface area contributed by atoms with Gasteiger partial charge in [-0.1, -0.05) is 11.8 Å². The van der Waals surface area contributed by atoms with Gasteiger partial charge in [-0.25, -0.2) is 18.2 Å². The third-order valence-corrected chi connectivity index (χ3v) is 7.36. The van der Waals surface area contributed by atoms with E-state index in [1.165, 1.54) is 41.6 Å². The molecule has 0 aliphatic carbocycles. The van der Waals surface area contributed by atoms with E-state index >= 15 is 0 Å². The SMILES string of the molecule is COC(=O)c1ccc2c(=O)n3c(nc2c1)S[C@H]1CS(=O)(=O)C[C@H]13. The number of carbonyl (C=O) groups is 1. The summed E-state index contributed by atoms with van der Waals surface area (Å²) in [5, 5.41) is 0.707. The van der Waals surface area contributed by atoms with E-state index in [0.29, 0.717) is 21.6 Å². The normalized spacial score (nSPS) is 24.4. The molecule has 7 nitrogen and oxygen atoms in total. The maximum atomic E-state index is 12.7. The zero-order valence-corrected chi connectivity index (χ0v) is 13.7. The van der Waals surface area contributed by atoms with E-state index in [0.717, 1.165) is 0 Å². The number of thioether (sulfide) groups is 1. The summed E-state index contributed by atoms with van der Waals surface area (Å²) in [5.41, 5.74) is 0.473. The molecule has 1 aromatic heterocycles. The summed E-state index contributed by atoms with van der Waals surface area (Å²) in [5.74, 6) is -0.454. The lowest BCUT2D eigenvalue weighted by atomic mass is 10.1. The molecule has 1 aromatic carbocycles. The fourth-order valence-electron chi connectivity index (χ4n) is 3.08. The molecule has 120 valence electrons. The number of carbonyl (C=O) groups excluding carboxylic acids is 1. The second kappa shape index (κ2) is 4.81. The average Bonchev–Trinajstić information content (AvgIpc) is 2.97. The van der Waals surface area contributed by atoms with E-state index in [1.54, 1.807) is 0 Å². The minimum Gasteiger partial charge on any atom is -0.465 e. The van der Waals surface area contributed by atoms with Crippen molar-refractivity contribution in [1.82, 2.24) is 9.55 Å². The van der Waals surface area contributed by atoms with E-state index < -0.39 is 15.8 Å². The fraction of sp³-hybridized carbons (Fsp3) is 0.357. The number of nitrogens with zero attached hydrogens (tertiary/aromatic N) is 2. The summed E-state index contributed by atoms with van der Waals surface area (Å²) < 4.78 is 29.7. The number of methoxy groups -OCH3 is 1. The fourth-order valence-corrected chi connectivity index (χ4v) is 6.99. The van der Waals surface area contributed by atoms with Gasteiger partial charge in [0.1, 0.15) is 0 Å². The van der Waals surface area contributed by atoms with Gasteiger partial charge in [-0.3, -0.25) is 9.36 Å². The number of esters is 1. The number of benzene rings is 1. The van der Waals surface area contributed by atoms with Crippen LogP contribution in [0.25, 0.3) is 10.9 Å². The highest BCUT2D eigenvalue weighted by molar-refractivity contribution is 8.02. The molecule has 2 aromatic rings. The van der Waals surface area contributed by atoms with Crippen molar-refractivity contribution in [3.8, 4) is 0 Å². The molecule has 1 saturated heterocycles. The molecule has 4 rings (SSSR count). The van der Waals surface area contributed by atoms with E-state index in [4.69, 9.17) is 0 Å². The number of ether oxygens (including phenoxy) is 1. The van der Waals surface area contributed by atoms with Crippen LogP contribution in [0.1, 0.15) is 16.4 Å². The molecular formula is C14H12N2O5S2. The first-order chi connectivity index (χ1) is 10.9. The highest BCUT2D eigenvalue weighted by Crippen LogP contribution is 2.43. The van der Waals surface area contributed by atoms with Gasteiger partial charge in [0, 0.05) is 5.25 Å². The molecule has 3 heterocycles. The third-order valence-electron chi connectivity index (χ3n) is 4.15. The van der Waals surface area contributed by atoms with Crippen molar-refractivity contribution in [1.29, 1.82) is 0 Å². The molecule has 0 saturated carbocycles. The van der Waals surface area contributed by atoms with Crippen LogP contribution in [-0.4, -0.2) is 47.8 Å². The molecule has 0 amide bonds. The van der Waals surface area contributed by atoms with Crippen molar-refractivity contribution >= 4 is 38.5 Å². The molecule has 2 aliphatic rings. The molecule has 0 N–H and O–H groups in total. The van der Waals surface area contributed by atoms with Crippen molar-refractivity contribution < 1.29 is 17.9 Å². The average molecular weight is 352 g/mol. The maximum absolute atomic E-state index is 12.7. The van der Waals surface area contributed by atoms with E-state index in [9.17, 15) is 18.0 Å². The second-order valence-electron chi connectivity index (χ2n) is 5.59. The van der Waals surface area contributed by atoms with Crippen molar-refractivity contribution in [2.45, 2.75) is 16.4 Å². The number of sulfone groups is 1. The largest absolute Gasteiger partial charge is 0.465 e. The van der Waals surface area contributed by atoms with Crippen LogP contribution in [0, 0.1) is 0 Å². The summed E-state index contributed by atoms with van der Waals surface area (Å²) in [4.78, 5) is 28.8. The summed E-state index contributed by atoms with van der Waals surface area (Å²) in [6.07, 6.45) is 0. The molecular weight excluding hydrogens is 340 g/mol. The van der Waals surface area contributed by atoms with Crippen LogP contribution in [-0.2, 0) is 14.6 Å². The Bertz CT molecular complexity index is 1010. The van der Waals surface area contributed by atoms with Gasteiger partial charge < -0.3 is 4.74 Å². The highest BCUT2D eigenvalue weighted by atomic mass is 32.2. The quantitative estimate of drug-likeness (QED) is 0.548. The van der Waals surface area contributed by atoms with Gasteiger partial charge >= 0.3 is 5.97 Å². The predicted octanol–water partition coefficient (Wildman–Crippen LogP) is 0.627. The lowest BCUT2D eigenvalue weighted by Gasteiger charge is -2.11. The number of aromatic nitrogens is 2. The first-order valence-electron chi connectivity index (χ1n) is 6.91. The Hall–Kier alpha value is -1.87. The monoisotopic (exact) mass is 352 g/mol. The zero-order valence-electron chi connectivity index (χ0n) is 12.1. The molecule has 0 radical (unpaired) electrons. The Morgan fingerprint density at radius 1 is 1.39 bits per heavy atom. The molecule has 2 atom stereocenters. The van der Waals surface area contributed by atoms with Crippen LogP contribution in [0.3, 0.4) is 0 Å². The summed E-state index contributed by atoms with van der Waals surface area (Å²) in [7, 11) is -1.82. The highest BCUT2D eigenvalue weighted by Gasteiger charge is 2.46. The molecule has 9 heteroatoms. The van der Waals surface area contributed by atoms with Gasteiger partial charge in [-0.15, -0.1) is 0 Å². The molecule has 23 heavy (non-hydrogen) atoms. The number of fused-ring (bicyclic) bond motifs is 4. The van der Waals surface area contributed by atoms with Crippen LogP contribution in [0.4, 0.5) is 0 Å². The first kappa shape index (κ1) is 14.7. The lowest BCUT2D eigenvalue weighted by molar-refractivity contribution is 0.0601. The Labute approximate surface area is 135 Å². The van der Waals surface area contributed by atoms with Gasteiger partial charge in [0.25, 0.3) is 5.56 Å². The van der Waals surface area contributed by atoms with Crippen molar-refractivity contribution in [3.05, 3.63) is 34.1 Å². The summed E-state index contributed by atoms with van der Waals surface area (Å²) in [6, 6.07) is 4.21. The third kappa shape index (κ3) is 2.18. The Kier molecular flexibility index (Phi) is 3.08. The zero-order chi connectivity index (χ0) is 16.4. The van der Waals surface area contributed by atoms with Crippen LogP contribution < -0.4 is 5.56 Å². The predicted molar refractivity (Wildman–Crippen MR) is 84.7 cm³/mol. The number of hydrogen-bond donors (Lipinski definition) is 0. The van der Waals surface area contributed by atoms with E-state index in [2.05, 4.69) is 9.72 Å². The number of rotatable bonds is 1. The van der Waals surface area contributed by atoms with E-state index in [-0.39, 0.29) is 28.4 Å². The Balaban J connectivity index is 1.90. The standard InChI is InChI=1S/C14H12N2O5S2/c1-21-13(18)7-2-3-8-9(4-7)15-14-16(12(8)17)10-5-23(19,20)6-11(10)22-14/h2-4,10-11H,5-6H2,1H3/t10-,11+/m1/s1. The van der Waals surface area contributed by atoms with Gasteiger partial charge in [0.15, 0.2) is 15.0 Å². The van der Waals surface area contributed by atoms with Gasteiger partial charge in [-0.05, 0) is 18.2 Å². The van der Waals surface area contributed by atoms with Crippen LogP contribution in [0.15, 0.2) is 28.2 Å². The molecule has 0 bridgehead atoms. The van der Waals surface area contributed by atoms with Gasteiger partial charge in [0.2, 0.25) is 0 Å². The van der Waals surface area contributed by atoms with Crippen LogP contribution >= 0.6 is 11.8 Å². The smallest absolute Gasteiger partial charge is 0.337 e. The molecule has 2 aliphatic heterocycles. The Morgan fingerprint density at radius 3 is 2.91 bits per heavy atom. The molecule has 0 spiro atoms. The summed E-state index contributed by atoms with van der Waals surface area (Å²) in [6.45, 7) is 0. The van der Waals surface area contributed by atoms with Gasteiger partial charge in [0.05, 0.1) is 41.1 Å². The van der Waals surface area contributed by atoms with Crippen molar-refractivity contribution in [2.75, 3.05) is 18.6 Å². The van der Waals surface area contributed by atoms with Gasteiger partial charge in [-0.2, -0.15) is 0 Å². The maximum Gasteiger partial charge on any atom is 0.337 e. The van der Waals surface area contributed by atoms with Crippen molar-refractivity contribution in [2.24, 2.45) is 0 Å².